The normalized spacial score (nSPS) is 20.4. The Labute approximate surface area is 201 Å². The molecule has 1 N–H and O–H groups in total. The van der Waals surface area contributed by atoms with Crippen molar-refractivity contribution in [3.63, 3.8) is 0 Å². The van der Waals surface area contributed by atoms with Crippen LogP contribution in [0.15, 0.2) is 41.2 Å². The van der Waals surface area contributed by atoms with Crippen LogP contribution >= 0.6 is 0 Å². The predicted molar refractivity (Wildman–Crippen MR) is 121 cm³/mol. The van der Waals surface area contributed by atoms with Gasteiger partial charge in [-0.25, -0.2) is 9.59 Å². The molecule has 12 heteroatoms. The van der Waals surface area contributed by atoms with E-state index in [0.29, 0.717) is 11.0 Å². The molecule has 0 bridgehead atoms. The Morgan fingerprint density at radius 2 is 1.72 bits per heavy atom. The minimum Gasteiger partial charge on any atom is -0.481 e. The number of aliphatic carboxylic acids is 1. The summed E-state index contributed by atoms with van der Waals surface area (Å²) in [6.07, 6.45) is -4.57. The molecule has 1 fully saturated rings. The van der Waals surface area contributed by atoms with Gasteiger partial charge in [-0.1, -0.05) is 12.1 Å². The fourth-order valence-electron chi connectivity index (χ4n) is 5.25. The SMILES string of the molecule is Cn1c(=O)n(C)c2cc(N3CC(C(=O)O)C(=O)N([C@@H]4CCc5c4cccc5C(F)(F)F)C3=O)ccc21. The number of hydrogen-bond donors (Lipinski definition) is 1. The zero-order valence-electron chi connectivity index (χ0n) is 19.2. The van der Waals surface area contributed by atoms with Crippen LogP contribution in [0.3, 0.4) is 0 Å². The van der Waals surface area contributed by atoms with Crippen molar-refractivity contribution >= 4 is 34.6 Å². The highest BCUT2D eigenvalue weighted by Gasteiger charge is 2.49. The monoisotopic (exact) mass is 502 g/mol. The first-order valence-electron chi connectivity index (χ1n) is 11.1. The number of fused-ring (bicyclic) bond motifs is 2. The van der Waals surface area contributed by atoms with E-state index in [2.05, 4.69) is 0 Å². The van der Waals surface area contributed by atoms with Crippen molar-refractivity contribution in [2.75, 3.05) is 11.4 Å². The van der Waals surface area contributed by atoms with Gasteiger partial charge in [-0.05, 0) is 48.2 Å². The second-order valence-corrected chi connectivity index (χ2v) is 8.99. The average molecular weight is 502 g/mol. The molecular formula is C24H21F3N4O5. The highest BCUT2D eigenvalue weighted by atomic mass is 19.4. The molecule has 36 heavy (non-hydrogen) atoms. The Morgan fingerprint density at radius 3 is 2.39 bits per heavy atom. The van der Waals surface area contributed by atoms with E-state index in [0.717, 1.165) is 15.9 Å². The van der Waals surface area contributed by atoms with E-state index < -0.39 is 48.2 Å². The standard InChI is InChI=1S/C24H21F3N4O5/c1-28-18-8-6-12(10-19(18)29(2)22(28)35)30-11-15(21(33)34)20(32)31(23(30)36)17-9-7-13-14(17)4-3-5-16(13)24(25,26)27/h3-6,8,10,15,17H,7,9,11H2,1-2H3,(H,33,34)/t15?,17-/m1/s1. The van der Waals surface area contributed by atoms with Crippen molar-refractivity contribution < 1.29 is 32.7 Å². The highest BCUT2D eigenvalue weighted by molar-refractivity contribution is 6.13. The molecule has 1 saturated heterocycles. The van der Waals surface area contributed by atoms with Gasteiger partial charge in [-0.15, -0.1) is 0 Å². The summed E-state index contributed by atoms with van der Waals surface area (Å²) in [6.45, 7) is -0.446. The molecule has 3 aromatic rings. The summed E-state index contributed by atoms with van der Waals surface area (Å²) in [6, 6.07) is 6.44. The van der Waals surface area contributed by atoms with Crippen molar-refractivity contribution in [1.82, 2.24) is 14.0 Å². The predicted octanol–water partition coefficient (Wildman–Crippen LogP) is 3.05. The number of imide groups is 1. The van der Waals surface area contributed by atoms with Gasteiger partial charge in [0.05, 0.1) is 22.6 Å². The number of aromatic nitrogens is 2. The molecule has 1 unspecified atom stereocenters. The molecule has 2 atom stereocenters. The third kappa shape index (κ3) is 3.39. The third-order valence-corrected chi connectivity index (χ3v) is 7.06. The zero-order chi connectivity index (χ0) is 26.1. The average Bonchev–Trinajstić information content (AvgIpc) is 3.33. The summed E-state index contributed by atoms with van der Waals surface area (Å²) in [5.41, 5.74) is 0.391. The number of benzene rings is 2. The van der Waals surface area contributed by atoms with Crippen molar-refractivity contribution in [3.8, 4) is 0 Å². The van der Waals surface area contributed by atoms with Gasteiger partial charge in [0.1, 0.15) is 0 Å². The van der Waals surface area contributed by atoms with Crippen LogP contribution in [0.25, 0.3) is 11.0 Å². The van der Waals surface area contributed by atoms with Crippen LogP contribution in [0, 0.1) is 5.92 Å². The number of carboxylic acids is 1. The first-order valence-corrected chi connectivity index (χ1v) is 11.1. The molecule has 1 aliphatic heterocycles. The second-order valence-electron chi connectivity index (χ2n) is 8.99. The van der Waals surface area contributed by atoms with Gasteiger partial charge in [-0.3, -0.25) is 28.5 Å². The van der Waals surface area contributed by atoms with E-state index in [-0.39, 0.29) is 35.3 Å². The lowest BCUT2D eigenvalue weighted by Crippen LogP contribution is -2.59. The maximum absolute atomic E-state index is 13.6. The molecule has 2 aliphatic rings. The lowest BCUT2D eigenvalue weighted by atomic mass is 9.98. The summed E-state index contributed by atoms with van der Waals surface area (Å²) in [4.78, 5) is 53.0. The molecule has 2 heterocycles. The number of hydrogen-bond acceptors (Lipinski definition) is 4. The Kier molecular flexibility index (Phi) is 5.23. The summed E-state index contributed by atoms with van der Waals surface area (Å²) in [7, 11) is 3.14. The quantitative estimate of drug-likeness (QED) is 0.555. The lowest BCUT2D eigenvalue weighted by Gasteiger charge is -2.40. The van der Waals surface area contributed by atoms with Gasteiger partial charge in [0.25, 0.3) is 0 Å². The Balaban J connectivity index is 1.60. The van der Waals surface area contributed by atoms with E-state index in [4.69, 9.17) is 0 Å². The Hall–Kier alpha value is -4.09. The molecule has 0 spiro atoms. The van der Waals surface area contributed by atoms with Crippen molar-refractivity contribution in [3.05, 3.63) is 63.6 Å². The first kappa shape index (κ1) is 23.6. The number of anilines is 1. The van der Waals surface area contributed by atoms with Crippen LogP contribution in [0.4, 0.5) is 23.7 Å². The summed E-state index contributed by atoms with van der Waals surface area (Å²) in [5.74, 6) is -4.02. The van der Waals surface area contributed by atoms with Crippen LogP contribution in [-0.2, 0) is 36.3 Å². The molecule has 1 aromatic heterocycles. The van der Waals surface area contributed by atoms with E-state index in [1.807, 2.05) is 0 Å². The molecule has 3 amide bonds. The van der Waals surface area contributed by atoms with Gasteiger partial charge in [0.15, 0.2) is 5.92 Å². The van der Waals surface area contributed by atoms with Crippen LogP contribution in [0.2, 0.25) is 0 Å². The van der Waals surface area contributed by atoms with Crippen molar-refractivity contribution in [2.45, 2.75) is 25.1 Å². The number of carbonyl (C=O) groups excluding carboxylic acids is 2. The Morgan fingerprint density at radius 1 is 1.03 bits per heavy atom. The van der Waals surface area contributed by atoms with Gasteiger partial charge >= 0.3 is 23.9 Å². The largest absolute Gasteiger partial charge is 0.481 e. The number of carboxylic acid groups (broad SMARTS) is 1. The van der Waals surface area contributed by atoms with E-state index in [1.54, 1.807) is 26.2 Å². The Bertz CT molecular complexity index is 1510. The summed E-state index contributed by atoms with van der Waals surface area (Å²) in [5, 5.41) is 9.74. The van der Waals surface area contributed by atoms with Crippen molar-refractivity contribution in [1.29, 1.82) is 0 Å². The molecule has 0 saturated carbocycles. The number of rotatable bonds is 3. The van der Waals surface area contributed by atoms with E-state index >= 15 is 0 Å². The minimum atomic E-state index is -4.60. The highest BCUT2D eigenvalue weighted by Crippen LogP contribution is 2.44. The van der Waals surface area contributed by atoms with E-state index in [1.165, 1.54) is 27.3 Å². The van der Waals surface area contributed by atoms with Gasteiger partial charge in [-0.2, -0.15) is 13.2 Å². The number of nitrogens with zero attached hydrogens (tertiary/aromatic N) is 4. The fraction of sp³-hybridized carbons (Fsp3) is 0.333. The molecule has 5 rings (SSSR count). The number of alkyl halides is 3. The van der Waals surface area contributed by atoms with Gasteiger partial charge < -0.3 is 5.11 Å². The lowest BCUT2D eigenvalue weighted by molar-refractivity contribution is -0.151. The number of amides is 3. The molecular weight excluding hydrogens is 481 g/mol. The molecule has 9 nitrogen and oxygen atoms in total. The van der Waals surface area contributed by atoms with Crippen molar-refractivity contribution in [2.24, 2.45) is 20.0 Å². The third-order valence-electron chi connectivity index (χ3n) is 7.06. The summed E-state index contributed by atoms with van der Waals surface area (Å²) >= 11 is 0. The van der Waals surface area contributed by atoms with Crippen LogP contribution in [0.5, 0.6) is 0 Å². The molecule has 1 aliphatic carbocycles. The molecule has 188 valence electrons. The molecule has 0 radical (unpaired) electrons. The maximum Gasteiger partial charge on any atom is 0.416 e. The van der Waals surface area contributed by atoms with Crippen LogP contribution < -0.4 is 10.6 Å². The second kappa shape index (κ2) is 7.97. The van der Waals surface area contributed by atoms with E-state index in [9.17, 15) is 37.5 Å². The van der Waals surface area contributed by atoms with Crippen LogP contribution in [0.1, 0.15) is 29.2 Å². The van der Waals surface area contributed by atoms with Gasteiger partial charge in [0, 0.05) is 26.3 Å². The number of imidazole rings is 1. The van der Waals surface area contributed by atoms with Gasteiger partial charge in [0.2, 0.25) is 5.91 Å². The topological polar surface area (TPSA) is 105 Å². The summed E-state index contributed by atoms with van der Waals surface area (Å²) < 4.78 is 43.4. The zero-order valence-corrected chi connectivity index (χ0v) is 19.2. The first-order chi connectivity index (χ1) is 16.9. The number of aryl methyl sites for hydroxylation is 2. The fourth-order valence-corrected chi connectivity index (χ4v) is 5.25. The molecule has 2 aromatic carbocycles. The minimum absolute atomic E-state index is 0.000281. The van der Waals surface area contributed by atoms with Crippen LogP contribution in [-0.4, -0.2) is 43.6 Å². The number of halogens is 3. The number of urea groups is 1. The smallest absolute Gasteiger partial charge is 0.416 e. The number of carbonyl (C=O) groups is 3. The maximum atomic E-state index is 13.6.